The number of likely N-dealkylation sites (tertiary alicyclic amines) is 1. The smallest absolute Gasteiger partial charge is 0.323 e. The highest BCUT2D eigenvalue weighted by atomic mass is 32.1. The molecule has 2 fully saturated rings. The molecule has 0 spiro atoms. The number of esters is 1. The summed E-state index contributed by atoms with van der Waals surface area (Å²) in [7, 11) is 0. The van der Waals surface area contributed by atoms with Gasteiger partial charge in [-0.1, -0.05) is 0 Å². The van der Waals surface area contributed by atoms with Crippen LogP contribution in [-0.4, -0.2) is 58.6 Å². The quantitative estimate of drug-likeness (QED) is 0.780. The second-order valence-electron chi connectivity index (χ2n) is 6.66. The number of rotatable bonds is 4. The molecule has 2 saturated heterocycles. The van der Waals surface area contributed by atoms with Gasteiger partial charge in [-0.25, -0.2) is 9.78 Å². The Bertz CT molecular complexity index is 804. The molecule has 0 aromatic carbocycles. The van der Waals surface area contributed by atoms with E-state index in [1.807, 2.05) is 17.5 Å². The van der Waals surface area contributed by atoms with Gasteiger partial charge >= 0.3 is 12.0 Å². The molecule has 2 amide bonds. The predicted octanol–water partition coefficient (Wildman–Crippen LogP) is 2.11. The number of nitrogens with one attached hydrogen (secondary N) is 2. The zero-order valence-electron chi connectivity index (χ0n) is 14.8. The average Bonchev–Trinajstić information content (AvgIpc) is 3.32. The van der Waals surface area contributed by atoms with Gasteiger partial charge in [-0.15, -0.1) is 11.3 Å². The summed E-state index contributed by atoms with van der Waals surface area (Å²) < 4.78 is 5.04. The van der Waals surface area contributed by atoms with Crippen molar-refractivity contribution in [2.75, 3.05) is 25.0 Å². The number of hydrogen-bond donors (Lipinski definition) is 2. The van der Waals surface area contributed by atoms with Gasteiger partial charge in [0.25, 0.3) is 0 Å². The predicted molar refractivity (Wildman–Crippen MR) is 101 cm³/mol. The van der Waals surface area contributed by atoms with Crippen molar-refractivity contribution in [3.8, 4) is 11.3 Å². The fourth-order valence-electron chi connectivity index (χ4n) is 3.47. The van der Waals surface area contributed by atoms with Crippen molar-refractivity contribution in [1.29, 1.82) is 0 Å². The topological polar surface area (TPSA) is 96.4 Å². The van der Waals surface area contributed by atoms with Gasteiger partial charge in [0.2, 0.25) is 0 Å². The van der Waals surface area contributed by atoms with E-state index >= 15 is 0 Å². The molecule has 8 nitrogen and oxygen atoms in total. The number of ether oxygens (including phenoxy) is 1. The Hall–Kier alpha value is -2.52. The zero-order valence-corrected chi connectivity index (χ0v) is 15.6. The van der Waals surface area contributed by atoms with E-state index in [1.54, 1.807) is 12.4 Å². The second kappa shape index (κ2) is 8.01. The molecular formula is C18H21N5O3S. The Balaban J connectivity index is 1.26. The molecule has 2 N–H and O–H groups in total. The first-order chi connectivity index (χ1) is 13.2. The number of aromatic nitrogens is 2. The van der Waals surface area contributed by atoms with Crippen LogP contribution in [0.15, 0.2) is 29.9 Å². The van der Waals surface area contributed by atoms with Crippen molar-refractivity contribution < 1.29 is 14.3 Å². The number of piperidine rings is 1. The normalized spacial score (nSPS) is 21.0. The van der Waals surface area contributed by atoms with Gasteiger partial charge in [0, 0.05) is 48.9 Å². The van der Waals surface area contributed by atoms with E-state index in [2.05, 4.69) is 25.5 Å². The number of thiazole rings is 1. The molecule has 2 aromatic heterocycles. The highest BCUT2D eigenvalue weighted by Gasteiger charge is 2.34. The average molecular weight is 387 g/mol. The molecule has 2 aliphatic rings. The summed E-state index contributed by atoms with van der Waals surface area (Å²) in [5.74, 6) is -0.118. The molecule has 0 saturated carbocycles. The standard InChI is InChI=1S/C18H21N5O3S/c24-16-15(5-9-26-16)23-7-3-13(4-8-23)20-17(25)22-18-21-14(11-27-18)12-2-1-6-19-10-12/h1-2,6,10-11,13,15H,3-5,7-9H2,(H2,20,21,22,25)/t15-/m0/s1. The summed E-state index contributed by atoms with van der Waals surface area (Å²) in [4.78, 5) is 34.6. The molecule has 4 heterocycles. The van der Waals surface area contributed by atoms with E-state index in [1.165, 1.54) is 11.3 Å². The number of nitrogens with zero attached hydrogens (tertiary/aromatic N) is 3. The second-order valence-corrected chi connectivity index (χ2v) is 7.52. The fourth-order valence-corrected chi connectivity index (χ4v) is 4.18. The number of urea groups is 1. The van der Waals surface area contributed by atoms with Gasteiger partial charge < -0.3 is 10.1 Å². The maximum atomic E-state index is 12.3. The van der Waals surface area contributed by atoms with E-state index in [0.717, 1.165) is 43.6 Å². The Morgan fingerprint density at radius 1 is 1.30 bits per heavy atom. The molecule has 2 aliphatic heterocycles. The van der Waals surface area contributed by atoms with Gasteiger partial charge in [0.05, 0.1) is 12.3 Å². The fraction of sp³-hybridized carbons (Fsp3) is 0.444. The number of cyclic esters (lactones) is 1. The van der Waals surface area contributed by atoms with Crippen LogP contribution < -0.4 is 10.6 Å². The van der Waals surface area contributed by atoms with Crippen LogP contribution in [0, 0.1) is 0 Å². The van der Waals surface area contributed by atoms with Crippen LogP contribution in [0.3, 0.4) is 0 Å². The first-order valence-corrected chi connectivity index (χ1v) is 9.91. The minimum absolute atomic E-state index is 0.0939. The maximum absolute atomic E-state index is 12.3. The number of anilines is 1. The molecule has 9 heteroatoms. The summed E-state index contributed by atoms with van der Waals surface area (Å²) in [5, 5.41) is 8.25. The van der Waals surface area contributed by atoms with Gasteiger partial charge in [0.15, 0.2) is 5.13 Å². The van der Waals surface area contributed by atoms with Crippen LogP contribution in [0.25, 0.3) is 11.3 Å². The summed E-state index contributed by atoms with van der Waals surface area (Å²) in [6.07, 6.45) is 5.85. The van der Waals surface area contributed by atoms with Crippen LogP contribution in [-0.2, 0) is 9.53 Å². The lowest BCUT2D eigenvalue weighted by Crippen LogP contribution is -2.49. The van der Waals surface area contributed by atoms with Crippen molar-refractivity contribution in [3.63, 3.8) is 0 Å². The van der Waals surface area contributed by atoms with Crippen LogP contribution in [0.4, 0.5) is 9.93 Å². The van der Waals surface area contributed by atoms with Crippen LogP contribution in [0.2, 0.25) is 0 Å². The van der Waals surface area contributed by atoms with Gasteiger partial charge in [0.1, 0.15) is 6.04 Å². The summed E-state index contributed by atoms with van der Waals surface area (Å²) in [5.41, 5.74) is 1.71. The first kappa shape index (κ1) is 17.9. The molecule has 0 unspecified atom stereocenters. The van der Waals surface area contributed by atoms with E-state index in [4.69, 9.17) is 4.74 Å². The molecule has 1 atom stereocenters. The Kier molecular flexibility index (Phi) is 5.30. The minimum Gasteiger partial charge on any atom is -0.464 e. The SMILES string of the molecule is O=C(Nc1nc(-c2cccnc2)cs1)NC1CCN([C@H]2CCOC2=O)CC1. The van der Waals surface area contributed by atoms with Crippen LogP contribution in [0.5, 0.6) is 0 Å². The highest BCUT2D eigenvalue weighted by Crippen LogP contribution is 2.24. The van der Waals surface area contributed by atoms with Gasteiger partial charge in [-0.3, -0.25) is 20.0 Å². The first-order valence-electron chi connectivity index (χ1n) is 9.03. The number of hydrogen-bond acceptors (Lipinski definition) is 7. The molecular weight excluding hydrogens is 366 g/mol. The summed E-state index contributed by atoms with van der Waals surface area (Å²) in [6.45, 7) is 2.08. The highest BCUT2D eigenvalue weighted by molar-refractivity contribution is 7.14. The van der Waals surface area contributed by atoms with Crippen molar-refractivity contribution in [2.24, 2.45) is 0 Å². The molecule has 2 aromatic rings. The summed E-state index contributed by atoms with van der Waals surface area (Å²) >= 11 is 1.38. The van der Waals surface area contributed by atoms with Gasteiger partial charge in [-0.05, 0) is 25.0 Å². The third-order valence-electron chi connectivity index (χ3n) is 4.90. The van der Waals surface area contributed by atoms with E-state index < -0.39 is 0 Å². The van der Waals surface area contributed by atoms with Crippen LogP contribution in [0.1, 0.15) is 19.3 Å². The zero-order chi connectivity index (χ0) is 18.6. The van der Waals surface area contributed by atoms with Gasteiger partial charge in [-0.2, -0.15) is 0 Å². The Labute approximate surface area is 161 Å². The third kappa shape index (κ3) is 4.25. The van der Waals surface area contributed by atoms with Crippen LogP contribution >= 0.6 is 11.3 Å². The molecule has 0 radical (unpaired) electrons. The Morgan fingerprint density at radius 3 is 2.85 bits per heavy atom. The largest absolute Gasteiger partial charge is 0.464 e. The number of carbonyl (C=O) groups excluding carboxylic acids is 2. The number of pyridine rings is 1. The molecule has 142 valence electrons. The lowest BCUT2D eigenvalue weighted by molar-refractivity contribution is -0.142. The third-order valence-corrected chi connectivity index (χ3v) is 5.65. The van der Waals surface area contributed by atoms with Crippen molar-refractivity contribution in [3.05, 3.63) is 29.9 Å². The lowest BCUT2D eigenvalue weighted by Gasteiger charge is -2.34. The Morgan fingerprint density at radius 2 is 2.15 bits per heavy atom. The number of amides is 2. The van der Waals surface area contributed by atoms with E-state index in [0.29, 0.717) is 11.7 Å². The lowest BCUT2D eigenvalue weighted by atomic mass is 10.0. The molecule has 4 rings (SSSR count). The minimum atomic E-state index is -0.249. The molecule has 27 heavy (non-hydrogen) atoms. The molecule has 0 bridgehead atoms. The molecule has 0 aliphatic carbocycles. The van der Waals surface area contributed by atoms with E-state index in [9.17, 15) is 9.59 Å². The maximum Gasteiger partial charge on any atom is 0.323 e. The summed E-state index contributed by atoms with van der Waals surface area (Å²) in [6, 6.07) is 3.52. The van der Waals surface area contributed by atoms with Crippen molar-refractivity contribution in [1.82, 2.24) is 20.2 Å². The van der Waals surface area contributed by atoms with Crippen molar-refractivity contribution >= 4 is 28.5 Å². The van der Waals surface area contributed by atoms with Crippen molar-refractivity contribution in [2.45, 2.75) is 31.3 Å². The van der Waals surface area contributed by atoms with E-state index in [-0.39, 0.29) is 24.1 Å². The monoisotopic (exact) mass is 387 g/mol. The number of carbonyl (C=O) groups is 2.